The molecule has 5 nitrogen and oxygen atoms in total. The quantitative estimate of drug-likeness (QED) is 0.738. The van der Waals surface area contributed by atoms with Gasteiger partial charge in [0.25, 0.3) is 5.91 Å². The summed E-state index contributed by atoms with van der Waals surface area (Å²) < 4.78 is 0. The molecule has 0 fully saturated rings. The fraction of sp³-hybridized carbons (Fsp3) is 0.429. The van der Waals surface area contributed by atoms with Crippen LogP contribution in [0, 0.1) is 0 Å². The first kappa shape index (κ1) is 19.9. The van der Waals surface area contributed by atoms with Gasteiger partial charge < -0.3 is 15.5 Å². The van der Waals surface area contributed by atoms with Crippen molar-refractivity contribution < 1.29 is 4.79 Å². The molecule has 0 bridgehead atoms. The number of anilines is 2. The van der Waals surface area contributed by atoms with Gasteiger partial charge in [-0.3, -0.25) is 4.79 Å². The minimum absolute atomic E-state index is 0.0777. The van der Waals surface area contributed by atoms with E-state index < -0.39 is 0 Å². The molecule has 0 saturated carbocycles. The summed E-state index contributed by atoms with van der Waals surface area (Å²) in [5.41, 5.74) is 2.62. The van der Waals surface area contributed by atoms with E-state index in [1.54, 1.807) is 6.20 Å². The van der Waals surface area contributed by atoms with Crippen molar-refractivity contribution in [3.63, 3.8) is 0 Å². The van der Waals surface area contributed by atoms with E-state index in [-0.39, 0.29) is 11.3 Å². The second-order valence-electron chi connectivity index (χ2n) is 7.80. The molecule has 140 valence electrons. The lowest BCUT2D eigenvalue weighted by molar-refractivity contribution is 0.102. The number of hydrogen-bond acceptors (Lipinski definition) is 4. The molecule has 1 heterocycles. The smallest absolute Gasteiger partial charge is 0.255 e. The van der Waals surface area contributed by atoms with Crippen molar-refractivity contribution in [2.75, 3.05) is 37.8 Å². The van der Waals surface area contributed by atoms with E-state index in [9.17, 15) is 4.79 Å². The van der Waals surface area contributed by atoms with Crippen LogP contribution in [0.1, 0.15) is 43.1 Å². The van der Waals surface area contributed by atoms with Crippen LogP contribution in [0.25, 0.3) is 0 Å². The van der Waals surface area contributed by atoms with E-state index in [4.69, 9.17) is 0 Å². The van der Waals surface area contributed by atoms with Gasteiger partial charge >= 0.3 is 0 Å². The normalized spacial score (nSPS) is 11.5. The van der Waals surface area contributed by atoms with Gasteiger partial charge in [-0.15, -0.1) is 0 Å². The van der Waals surface area contributed by atoms with Crippen molar-refractivity contribution in [1.29, 1.82) is 0 Å². The van der Waals surface area contributed by atoms with Crippen LogP contribution in [0.15, 0.2) is 42.6 Å². The molecule has 5 heteroatoms. The molecule has 2 aromatic rings. The third-order valence-corrected chi connectivity index (χ3v) is 4.12. The maximum atomic E-state index is 12.4. The highest BCUT2D eigenvalue weighted by Gasteiger charge is 2.14. The number of carbonyl (C=O) groups excluding carboxylic acids is 1. The van der Waals surface area contributed by atoms with Gasteiger partial charge in [-0.05, 0) is 62.3 Å². The monoisotopic (exact) mass is 354 g/mol. The predicted molar refractivity (Wildman–Crippen MR) is 109 cm³/mol. The number of nitrogens with one attached hydrogen (secondary N) is 2. The highest BCUT2D eigenvalue weighted by molar-refractivity contribution is 6.04. The van der Waals surface area contributed by atoms with Crippen molar-refractivity contribution >= 4 is 17.4 Å². The molecule has 0 spiro atoms. The Balaban J connectivity index is 1.89. The first-order valence-electron chi connectivity index (χ1n) is 9.02. The Bertz CT molecular complexity index is 700. The fourth-order valence-electron chi connectivity index (χ4n) is 2.51. The molecule has 1 amide bonds. The third-order valence-electron chi connectivity index (χ3n) is 4.12. The summed E-state index contributed by atoms with van der Waals surface area (Å²) in [5.74, 6) is 0.690. The molecule has 2 rings (SSSR count). The number of pyridine rings is 1. The van der Waals surface area contributed by atoms with Gasteiger partial charge in [0.1, 0.15) is 5.82 Å². The van der Waals surface area contributed by atoms with Crippen LogP contribution >= 0.6 is 0 Å². The number of aromatic nitrogens is 1. The first-order chi connectivity index (χ1) is 12.3. The van der Waals surface area contributed by atoms with Crippen molar-refractivity contribution in [1.82, 2.24) is 9.88 Å². The van der Waals surface area contributed by atoms with Crippen molar-refractivity contribution in [3.05, 3.63) is 53.7 Å². The van der Waals surface area contributed by atoms with E-state index in [2.05, 4.69) is 55.4 Å². The van der Waals surface area contributed by atoms with Crippen LogP contribution in [-0.4, -0.2) is 43.0 Å². The molecule has 0 aliphatic heterocycles. The molecular weight excluding hydrogens is 324 g/mol. The van der Waals surface area contributed by atoms with Crippen molar-refractivity contribution in [3.8, 4) is 0 Å². The number of nitrogens with zero attached hydrogens (tertiary/aromatic N) is 2. The second kappa shape index (κ2) is 8.81. The third kappa shape index (κ3) is 6.15. The number of carbonyl (C=O) groups is 1. The van der Waals surface area contributed by atoms with Gasteiger partial charge in [-0.2, -0.15) is 0 Å². The van der Waals surface area contributed by atoms with Gasteiger partial charge in [-0.25, -0.2) is 4.98 Å². The Morgan fingerprint density at radius 2 is 1.77 bits per heavy atom. The lowest BCUT2D eigenvalue weighted by atomic mass is 9.87. The van der Waals surface area contributed by atoms with Gasteiger partial charge in [0.05, 0.1) is 11.9 Å². The Kier molecular flexibility index (Phi) is 6.75. The average molecular weight is 354 g/mol. The molecule has 2 N–H and O–H groups in total. The lowest BCUT2D eigenvalue weighted by Gasteiger charge is -2.19. The van der Waals surface area contributed by atoms with Crippen LogP contribution in [0.2, 0.25) is 0 Å². The summed E-state index contributed by atoms with van der Waals surface area (Å²) in [5, 5.41) is 6.17. The standard InChI is InChI=1S/C21H30N4O/c1-21(2,3)17-9-7-16(8-10-17)20(26)24-18-11-12-19(23-15-18)22-13-6-14-25(4)5/h7-12,15H,6,13-14H2,1-5H3,(H,22,23)(H,24,26). The minimum atomic E-state index is -0.126. The fourth-order valence-corrected chi connectivity index (χ4v) is 2.51. The zero-order valence-corrected chi connectivity index (χ0v) is 16.5. The number of hydrogen-bond donors (Lipinski definition) is 2. The summed E-state index contributed by atoms with van der Waals surface area (Å²) in [7, 11) is 4.12. The topological polar surface area (TPSA) is 57.3 Å². The van der Waals surface area contributed by atoms with Crippen molar-refractivity contribution in [2.24, 2.45) is 0 Å². The zero-order chi connectivity index (χ0) is 19.2. The number of amides is 1. The van der Waals surface area contributed by atoms with Gasteiger partial charge in [0, 0.05) is 12.1 Å². The molecule has 26 heavy (non-hydrogen) atoms. The maximum Gasteiger partial charge on any atom is 0.255 e. The summed E-state index contributed by atoms with van der Waals surface area (Å²) in [6.07, 6.45) is 2.73. The van der Waals surface area contributed by atoms with Gasteiger partial charge in [0.2, 0.25) is 0 Å². The molecule has 0 unspecified atom stereocenters. The van der Waals surface area contributed by atoms with E-state index in [1.165, 1.54) is 5.56 Å². The van der Waals surface area contributed by atoms with Gasteiger partial charge in [-0.1, -0.05) is 32.9 Å². The molecule has 1 aromatic carbocycles. The Morgan fingerprint density at radius 3 is 2.31 bits per heavy atom. The van der Waals surface area contributed by atoms with Crippen molar-refractivity contribution in [2.45, 2.75) is 32.6 Å². The summed E-state index contributed by atoms with van der Waals surface area (Å²) in [6.45, 7) is 8.38. The Morgan fingerprint density at radius 1 is 1.08 bits per heavy atom. The molecule has 1 aromatic heterocycles. The highest BCUT2D eigenvalue weighted by atomic mass is 16.1. The summed E-state index contributed by atoms with van der Waals surface area (Å²) in [4.78, 5) is 18.9. The van der Waals surface area contributed by atoms with Crippen LogP contribution in [0.3, 0.4) is 0 Å². The van der Waals surface area contributed by atoms with Gasteiger partial charge in [0.15, 0.2) is 0 Å². The van der Waals surface area contributed by atoms with E-state index in [0.717, 1.165) is 25.3 Å². The molecule has 0 aliphatic carbocycles. The van der Waals surface area contributed by atoms with Crippen LogP contribution in [-0.2, 0) is 5.41 Å². The summed E-state index contributed by atoms with van der Waals surface area (Å²) >= 11 is 0. The number of benzene rings is 1. The number of rotatable bonds is 7. The molecule has 0 saturated heterocycles. The predicted octanol–water partition coefficient (Wildman–Crippen LogP) is 4.00. The maximum absolute atomic E-state index is 12.4. The SMILES string of the molecule is CN(C)CCCNc1ccc(NC(=O)c2ccc(C(C)(C)C)cc2)cn1. The van der Waals surface area contributed by atoms with Crippen LogP contribution < -0.4 is 10.6 Å². The highest BCUT2D eigenvalue weighted by Crippen LogP contribution is 2.22. The Hall–Kier alpha value is -2.40. The minimum Gasteiger partial charge on any atom is -0.370 e. The lowest BCUT2D eigenvalue weighted by Crippen LogP contribution is -2.16. The average Bonchev–Trinajstić information content (AvgIpc) is 2.59. The largest absolute Gasteiger partial charge is 0.370 e. The first-order valence-corrected chi connectivity index (χ1v) is 9.02. The molecule has 0 atom stereocenters. The van der Waals surface area contributed by atoms with E-state index in [1.807, 2.05) is 36.4 Å². The van der Waals surface area contributed by atoms with E-state index >= 15 is 0 Å². The molecule has 0 radical (unpaired) electrons. The molecule has 0 aliphatic rings. The Labute approximate surface area is 156 Å². The summed E-state index contributed by atoms with van der Waals surface area (Å²) in [6, 6.07) is 11.5. The zero-order valence-electron chi connectivity index (χ0n) is 16.5. The second-order valence-corrected chi connectivity index (χ2v) is 7.80. The van der Waals surface area contributed by atoms with Crippen LogP contribution in [0.4, 0.5) is 11.5 Å². The van der Waals surface area contributed by atoms with E-state index in [0.29, 0.717) is 11.3 Å². The van der Waals surface area contributed by atoms with Crippen LogP contribution in [0.5, 0.6) is 0 Å². The molecular formula is C21H30N4O.